The van der Waals surface area contributed by atoms with E-state index in [0.717, 1.165) is 10.0 Å². The Morgan fingerprint density at radius 3 is 2.82 bits per heavy atom. The van der Waals surface area contributed by atoms with Gasteiger partial charge in [-0.15, -0.1) is 0 Å². The number of esters is 1. The lowest BCUT2D eigenvalue weighted by atomic mass is 9.77. The average Bonchev–Trinajstić information content (AvgIpc) is 2.61. The van der Waals surface area contributed by atoms with E-state index in [0.29, 0.717) is 19.4 Å². The van der Waals surface area contributed by atoms with E-state index in [4.69, 9.17) is 4.74 Å². The molecule has 0 amide bonds. The molecule has 1 aromatic carbocycles. The van der Waals surface area contributed by atoms with E-state index in [-0.39, 0.29) is 11.8 Å². The molecule has 0 aromatic heterocycles. The second kappa shape index (κ2) is 4.61. The van der Waals surface area contributed by atoms with Gasteiger partial charge in [0.1, 0.15) is 11.2 Å². The zero-order chi connectivity index (χ0) is 12.5. The Labute approximate surface area is 108 Å². The lowest BCUT2D eigenvalue weighted by Gasteiger charge is -2.21. The first-order valence-corrected chi connectivity index (χ1v) is 6.27. The molecular formula is C13H13BrO3. The van der Waals surface area contributed by atoms with E-state index in [2.05, 4.69) is 15.9 Å². The van der Waals surface area contributed by atoms with Crippen LogP contribution in [0.2, 0.25) is 0 Å². The van der Waals surface area contributed by atoms with Crippen LogP contribution in [0.15, 0.2) is 28.7 Å². The van der Waals surface area contributed by atoms with Crippen LogP contribution in [0.1, 0.15) is 18.9 Å². The summed E-state index contributed by atoms with van der Waals surface area (Å²) in [6, 6.07) is 7.65. The molecule has 17 heavy (non-hydrogen) atoms. The van der Waals surface area contributed by atoms with Gasteiger partial charge in [0.05, 0.1) is 6.61 Å². The van der Waals surface area contributed by atoms with Crippen molar-refractivity contribution >= 4 is 27.7 Å². The lowest BCUT2D eigenvalue weighted by Crippen LogP contribution is -2.36. The Morgan fingerprint density at radius 1 is 1.53 bits per heavy atom. The monoisotopic (exact) mass is 296 g/mol. The SMILES string of the molecule is CC(=O)C1(Cc2cccc(Br)c2)CCOC1=O. The third-order valence-electron chi connectivity index (χ3n) is 3.22. The van der Waals surface area contributed by atoms with Crippen molar-refractivity contribution in [3.8, 4) is 0 Å². The maximum absolute atomic E-state index is 11.8. The summed E-state index contributed by atoms with van der Waals surface area (Å²) >= 11 is 3.38. The molecule has 3 nitrogen and oxygen atoms in total. The fraction of sp³-hybridized carbons (Fsp3) is 0.385. The van der Waals surface area contributed by atoms with Gasteiger partial charge in [0.25, 0.3) is 0 Å². The molecule has 2 rings (SSSR count). The second-order valence-electron chi connectivity index (χ2n) is 4.33. The molecule has 0 aliphatic carbocycles. The van der Waals surface area contributed by atoms with Crippen LogP contribution >= 0.6 is 15.9 Å². The average molecular weight is 297 g/mol. The molecule has 1 aromatic rings. The van der Waals surface area contributed by atoms with Crippen molar-refractivity contribution in [2.45, 2.75) is 19.8 Å². The number of benzene rings is 1. The number of cyclic esters (lactones) is 1. The number of ketones is 1. The minimum absolute atomic E-state index is 0.111. The summed E-state index contributed by atoms with van der Waals surface area (Å²) in [7, 11) is 0. The number of halogens is 1. The fourth-order valence-corrected chi connectivity index (χ4v) is 2.60. The van der Waals surface area contributed by atoms with Crippen LogP contribution in [-0.4, -0.2) is 18.4 Å². The quantitative estimate of drug-likeness (QED) is 0.636. The Bertz CT molecular complexity index is 469. The van der Waals surface area contributed by atoms with E-state index >= 15 is 0 Å². The molecule has 0 bridgehead atoms. The van der Waals surface area contributed by atoms with Gasteiger partial charge in [-0.1, -0.05) is 28.1 Å². The molecule has 90 valence electrons. The number of rotatable bonds is 3. The van der Waals surface area contributed by atoms with Gasteiger partial charge >= 0.3 is 5.97 Å². The molecular weight excluding hydrogens is 284 g/mol. The molecule has 1 aliphatic rings. The minimum Gasteiger partial charge on any atom is -0.465 e. The summed E-state index contributed by atoms with van der Waals surface area (Å²) in [6.45, 7) is 1.80. The highest BCUT2D eigenvalue weighted by Gasteiger charge is 2.48. The van der Waals surface area contributed by atoms with Crippen LogP contribution in [0.5, 0.6) is 0 Å². The molecule has 1 heterocycles. The van der Waals surface area contributed by atoms with E-state index in [1.807, 2.05) is 24.3 Å². The van der Waals surface area contributed by atoms with Crippen molar-refractivity contribution < 1.29 is 14.3 Å². The molecule has 1 atom stereocenters. The number of hydrogen-bond donors (Lipinski definition) is 0. The van der Waals surface area contributed by atoms with Crippen molar-refractivity contribution in [2.24, 2.45) is 5.41 Å². The number of carbonyl (C=O) groups excluding carboxylic acids is 2. The van der Waals surface area contributed by atoms with E-state index in [9.17, 15) is 9.59 Å². The highest BCUT2D eigenvalue weighted by Crippen LogP contribution is 2.35. The smallest absolute Gasteiger partial charge is 0.320 e. The summed E-state index contributed by atoms with van der Waals surface area (Å²) in [5.74, 6) is -0.495. The maximum atomic E-state index is 11.8. The van der Waals surface area contributed by atoms with Crippen molar-refractivity contribution in [3.05, 3.63) is 34.3 Å². The van der Waals surface area contributed by atoms with Crippen LogP contribution in [0.25, 0.3) is 0 Å². The largest absolute Gasteiger partial charge is 0.465 e. The van der Waals surface area contributed by atoms with Gasteiger partial charge < -0.3 is 4.74 Å². The summed E-state index contributed by atoms with van der Waals surface area (Å²) in [4.78, 5) is 23.5. The van der Waals surface area contributed by atoms with Gasteiger partial charge in [-0.3, -0.25) is 9.59 Å². The fourth-order valence-electron chi connectivity index (χ4n) is 2.16. The van der Waals surface area contributed by atoms with E-state index in [1.54, 1.807) is 0 Å². The van der Waals surface area contributed by atoms with Gasteiger partial charge in [-0.2, -0.15) is 0 Å². The molecule has 0 N–H and O–H groups in total. The Morgan fingerprint density at radius 2 is 2.29 bits per heavy atom. The molecule has 0 radical (unpaired) electrons. The lowest BCUT2D eigenvalue weighted by molar-refractivity contribution is -0.150. The van der Waals surface area contributed by atoms with Gasteiger partial charge in [0.15, 0.2) is 0 Å². The number of hydrogen-bond acceptors (Lipinski definition) is 3. The molecule has 1 aliphatic heterocycles. The van der Waals surface area contributed by atoms with Crippen molar-refractivity contribution in [1.29, 1.82) is 0 Å². The topological polar surface area (TPSA) is 43.4 Å². The third-order valence-corrected chi connectivity index (χ3v) is 3.71. The molecule has 4 heteroatoms. The highest BCUT2D eigenvalue weighted by molar-refractivity contribution is 9.10. The van der Waals surface area contributed by atoms with Gasteiger partial charge in [-0.25, -0.2) is 0 Å². The Balaban J connectivity index is 2.31. The Kier molecular flexibility index (Phi) is 3.33. The minimum atomic E-state index is -0.971. The first kappa shape index (κ1) is 12.3. The normalized spacial score (nSPS) is 23.5. The van der Waals surface area contributed by atoms with Crippen LogP contribution < -0.4 is 0 Å². The maximum Gasteiger partial charge on any atom is 0.320 e. The number of Topliss-reactive ketones (excluding diaryl/α,β-unsaturated/α-hetero) is 1. The molecule has 0 saturated carbocycles. The summed E-state index contributed by atoms with van der Waals surface area (Å²) in [5, 5.41) is 0. The predicted molar refractivity (Wildman–Crippen MR) is 66.5 cm³/mol. The van der Waals surface area contributed by atoms with E-state index in [1.165, 1.54) is 6.92 Å². The van der Waals surface area contributed by atoms with E-state index < -0.39 is 5.41 Å². The zero-order valence-corrected chi connectivity index (χ0v) is 11.1. The summed E-state index contributed by atoms with van der Waals surface area (Å²) in [6.07, 6.45) is 0.897. The number of ether oxygens (including phenoxy) is 1. The van der Waals surface area contributed by atoms with Crippen LogP contribution in [0.4, 0.5) is 0 Å². The van der Waals surface area contributed by atoms with Gasteiger partial charge in [-0.05, 0) is 31.0 Å². The predicted octanol–water partition coefficient (Wildman–Crippen LogP) is 2.51. The van der Waals surface area contributed by atoms with Gasteiger partial charge in [0.2, 0.25) is 0 Å². The summed E-state index contributed by atoms with van der Waals surface area (Å²) < 4.78 is 5.91. The van der Waals surface area contributed by atoms with Crippen LogP contribution in [0, 0.1) is 5.41 Å². The van der Waals surface area contributed by atoms with Crippen LogP contribution in [-0.2, 0) is 20.7 Å². The second-order valence-corrected chi connectivity index (χ2v) is 5.25. The third kappa shape index (κ3) is 2.27. The molecule has 1 saturated heterocycles. The number of carbonyl (C=O) groups is 2. The molecule has 0 spiro atoms. The van der Waals surface area contributed by atoms with Crippen molar-refractivity contribution in [1.82, 2.24) is 0 Å². The Hall–Kier alpha value is -1.16. The zero-order valence-electron chi connectivity index (χ0n) is 9.53. The first-order chi connectivity index (χ1) is 8.04. The van der Waals surface area contributed by atoms with Crippen molar-refractivity contribution in [2.75, 3.05) is 6.61 Å². The van der Waals surface area contributed by atoms with Gasteiger partial charge in [0, 0.05) is 10.9 Å². The first-order valence-electron chi connectivity index (χ1n) is 5.47. The van der Waals surface area contributed by atoms with Crippen molar-refractivity contribution in [3.63, 3.8) is 0 Å². The highest BCUT2D eigenvalue weighted by atomic mass is 79.9. The standard InChI is InChI=1S/C13H13BrO3/c1-9(15)13(5-6-17-12(13)16)8-10-3-2-4-11(14)7-10/h2-4,7H,5-6,8H2,1H3. The van der Waals surface area contributed by atoms with Crippen LogP contribution in [0.3, 0.4) is 0 Å². The molecule has 1 unspecified atom stereocenters. The summed E-state index contributed by atoms with van der Waals surface area (Å²) in [5.41, 5.74) is -0.00530. The molecule has 1 fully saturated rings.